The molecule has 3 unspecified atom stereocenters. The van der Waals surface area contributed by atoms with E-state index >= 15 is 0 Å². The molecule has 1 heterocycles. The maximum atomic E-state index is 12.9. The molecule has 1 saturated heterocycles. The highest BCUT2D eigenvalue weighted by Gasteiger charge is 2.26. The Morgan fingerprint density at radius 3 is 2.30 bits per heavy atom. The lowest BCUT2D eigenvalue weighted by Gasteiger charge is -2.42. The van der Waals surface area contributed by atoms with Gasteiger partial charge >= 0.3 is 0 Å². The fourth-order valence-electron chi connectivity index (χ4n) is 2.89. The van der Waals surface area contributed by atoms with Crippen LogP contribution in [0.15, 0.2) is 24.3 Å². The van der Waals surface area contributed by atoms with Gasteiger partial charge < -0.3 is 10.6 Å². The minimum Gasteiger partial charge on any atom is -0.324 e. The Bertz CT molecular complexity index is 408. The molecule has 0 saturated carbocycles. The van der Waals surface area contributed by atoms with Crippen molar-refractivity contribution in [1.82, 2.24) is 9.80 Å². The molecule has 0 bridgehead atoms. The van der Waals surface area contributed by atoms with Crippen LogP contribution in [0.5, 0.6) is 0 Å². The zero-order valence-electron chi connectivity index (χ0n) is 12.7. The summed E-state index contributed by atoms with van der Waals surface area (Å²) in [4.78, 5) is 4.91. The molecule has 1 aromatic carbocycles. The molecule has 0 spiro atoms. The molecule has 0 aromatic heterocycles. The van der Waals surface area contributed by atoms with Gasteiger partial charge in [0.1, 0.15) is 5.82 Å². The maximum absolute atomic E-state index is 12.9. The minimum atomic E-state index is -0.206. The normalized spacial score (nSPS) is 26.6. The molecular formula is C16H26FN3. The van der Waals surface area contributed by atoms with Crippen LogP contribution in [0.4, 0.5) is 4.39 Å². The summed E-state index contributed by atoms with van der Waals surface area (Å²) in [5.41, 5.74) is 7.21. The molecule has 1 aliphatic heterocycles. The van der Waals surface area contributed by atoms with Crippen molar-refractivity contribution in [2.75, 3.05) is 26.7 Å². The molecule has 0 radical (unpaired) electrons. The predicted molar refractivity (Wildman–Crippen MR) is 81.1 cm³/mol. The van der Waals surface area contributed by atoms with Crippen molar-refractivity contribution in [3.05, 3.63) is 35.6 Å². The van der Waals surface area contributed by atoms with Crippen molar-refractivity contribution in [3.8, 4) is 0 Å². The van der Waals surface area contributed by atoms with Crippen molar-refractivity contribution >= 4 is 0 Å². The third kappa shape index (κ3) is 3.78. The third-order valence-electron chi connectivity index (χ3n) is 4.49. The van der Waals surface area contributed by atoms with Gasteiger partial charge in [0.05, 0.1) is 0 Å². The quantitative estimate of drug-likeness (QED) is 0.917. The van der Waals surface area contributed by atoms with Gasteiger partial charge in [0.15, 0.2) is 0 Å². The first-order chi connectivity index (χ1) is 9.47. The van der Waals surface area contributed by atoms with Crippen LogP contribution in [0.2, 0.25) is 0 Å². The summed E-state index contributed by atoms with van der Waals surface area (Å²) in [5, 5.41) is 0. The third-order valence-corrected chi connectivity index (χ3v) is 4.49. The standard InChI is InChI=1S/C16H26FN3/c1-12-10-20(11-13(2)19(12)3)9-8-16(18)14-4-6-15(17)7-5-14/h4-7,12-13,16H,8-11,18H2,1-3H3. The zero-order chi connectivity index (χ0) is 14.7. The van der Waals surface area contributed by atoms with Crippen LogP contribution in [0.3, 0.4) is 0 Å². The topological polar surface area (TPSA) is 32.5 Å². The lowest BCUT2D eigenvalue weighted by atomic mass is 10.0. The van der Waals surface area contributed by atoms with Crippen LogP contribution in [0.1, 0.15) is 31.9 Å². The van der Waals surface area contributed by atoms with Crippen molar-refractivity contribution in [2.24, 2.45) is 5.73 Å². The van der Waals surface area contributed by atoms with E-state index in [1.807, 2.05) is 0 Å². The van der Waals surface area contributed by atoms with Crippen molar-refractivity contribution in [3.63, 3.8) is 0 Å². The van der Waals surface area contributed by atoms with E-state index in [-0.39, 0.29) is 11.9 Å². The molecule has 2 rings (SSSR count). The SMILES string of the molecule is CC1CN(CCC(N)c2ccc(F)cc2)CC(C)N1C. The Kier molecular flexibility index (Phi) is 5.13. The Morgan fingerprint density at radius 2 is 1.75 bits per heavy atom. The molecule has 1 fully saturated rings. The average molecular weight is 279 g/mol. The molecule has 1 aliphatic rings. The van der Waals surface area contributed by atoms with Gasteiger partial charge in [-0.25, -0.2) is 4.39 Å². The highest BCUT2D eigenvalue weighted by Crippen LogP contribution is 2.18. The number of nitrogens with zero attached hydrogens (tertiary/aromatic N) is 2. The maximum Gasteiger partial charge on any atom is 0.123 e. The summed E-state index contributed by atoms with van der Waals surface area (Å²) in [5.74, 6) is -0.206. The highest BCUT2D eigenvalue weighted by molar-refractivity contribution is 5.19. The number of likely N-dealkylation sites (N-methyl/N-ethyl adjacent to an activating group) is 1. The monoisotopic (exact) mass is 279 g/mol. The second-order valence-electron chi connectivity index (χ2n) is 6.07. The van der Waals surface area contributed by atoms with Crippen LogP contribution in [-0.4, -0.2) is 48.6 Å². The van der Waals surface area contributed by atoms with Crippen LogP contribution in [-0.2, 0) is 0 Å². The Labute approximate surface area is 121 Å². The van der Waals surface area contributed by atoms with E-state index in [0.717, 1.165) is 31.6 Å². The van der Waals surface area contributed by atoms with Crippen LogP contribution >= 0.6 is 0 Å². The average Bonchev–Trinajstić information content (AvgIpc) is 2.42. The van der Waals surface area contributed by atoms with Gasteiger partial charge in [0, 0.05) is 37.8 Å². The molecule has 3 atom stereocenters. The summed E-state index contributed by atoms with van der Waals surface area (Å²) < 4.78 is 12.9. The van der Waals surface area contributed by atoms with Crippen LogP contribution in [0, 0.1) is 5.82 Å². The molecule has 4 heteroatoms. The zero-order valence-corrected chi connectivity index (χ0v) is 12.7. The summed E-state index contributed by atoms with van der Waals surface area (Å²) in [6.45, 7) is 7.72. The summed E-state index contributed by atoms with van der Waals surface area (Å²) >= 11 is 0. The van der Waals surface area contributed by atoms with Crippen molar-refractivity contribution < 1.29 is 4.39 Å². The fourth-order valence-corrected chi connectivity index (χ4v) is 2.89. The highest BCUT2D eigenvalue weighted by atomic mass is 19.1. The first-order valence-corrected chi connectivity index (χ1v) is 7.42. The van der Waals surface area contributed by atoms with Gasteiger partial charge in [0.2, 0.25) is 0 Å². The van der Waals surface area contributed by atoms with Gasteiger partial charge in [-0.3, -0.25) is 4.90 Å². The molecule has 0 aliphatic carbocycles. The number of rotatable bonds is 4. The Morgan fingerprint density at radius 1 is 1.20 bits per heavy atom. The smallest absolute Gasteiger partial charge is 0.123 e. The number of piperazine rings is 1. The Balaban J connectivity index is 1.84. The van der Waals surface area contributed by atoms with Crippen molar-refractivity contribution in [1.29, 1.82) is 0 Å². The number of halogens is 1. The largest absolute Gasteiger partial charge is 0.324 e. The fraction of sp³-hybridized carbons (Fsp3) is 0.625. The molecule has 20 heavy (non-hydrogen) atoms. The van der Waals surface area contributed by atoms with Crippen molar-refractivity contribution in [2.45, 2.75) is 38.4 Å². The van der Waals surface area contributed by atoms with Gasteiger partial charge in [-0.05, 0) is 45.0 Å². The number of hydrogen-bond acceptors (Lipinski definition) is 3. The van der Waals surface area contributed by atoms with Gasteiger partial charge in [-0.2, -0.15) is 0 Å². The second-order valence-corrected chi connectivity index (χ2v) is 6.07. The summed E-state index contributed by atoms with van der Waals surface area (Å²) in [6.07, 6.45) is 0.911. The molecule has 112 valence electrons. The van der Waals surface area contributed by atoms with E-state index < -0.39 is 0 Å². The van der Waals surface area contributed by atoms with E-state index in [1.165, 1.54) is 12.1 Å². The van der Waals surface area contributed by atoms with Gasteiger partial charge in [-0.15, -0.1) is 0 Å². The summed E-state index contributed by atoms with van der Waals surface area (Å²) in [6, 6.07) is 7.69. The molecule has 0 amide bonds. The van der Waals surface area contributed by atoms with E-state index in [4.69, 9.17) is 5.73 Å². The van der Waals surface area contributed by atoms with Gasteiger partial charge in [0.25, 0.3) is 0 Å². The minimum absolute atomic E-state index is 0.0131. The first-order valence-electron chi connectivity index (χ1n) is 7.42. The molecule has 2 N–H and O–H groups in total. The lowest BCUT2D eigenvalue weighted by molar-refractivity contribution is 0.0584. The lowest BCUT2D eigenvalue weighted by Crippen LogP contribution is -2.55. The number of hydrogen-bond donors (Lipinski definition) is 1. The molecular weight excluding hydrogens is 253 g/mol. The summed E-state index contributed by atoms with van der Waals surface area (Å²) in [7, 11) is 2.19. The second kappa shape index (κ2) is 6.66. The molecule has 3 nitrogen and oxygen atoms in total. The van der Waals surface area contributed by atoms with E-state index in [0.29, 0.717) is 12.1 Å². The molecule has 1 aromatic rings. The predicted octanol–water partition coefficient (Wildman–Crippen LogP) is 2.24. The van der Waals surface area contributed by atoms with E-state index in [9.17, 15) is 4.39 Å². The Hall–Kier alpha value is -0.970. The van der Waals surface area contributed by atoms with Gasteiger partial charge in [-0.1, -0.05) is 12.1 Å². The number of benzene rings is 1. The van der Waals surface area contributed by atoms with E-state index in [2.05, 4.69) is 30.7 Å². The first kappa shape index (κ1) is 15.4. The number of nitrogens with two attached hydrogens (primary N) is 1. The van der Waals surface area contributed by atoms with Crippen LogP contribution in [0.25, 0.3) is 0 Å². The van der Waals surface area contributed by atoms with Crippen LogP contribution < -0.4 is 5.73 Å². The van der Waals surface area contributed by atoms with E-state index in [1.54, 1.807) is 12.1 Å².